The highest BCUT2D eigenvalue weighted by Gasteiger charge is 2.27. The molecule has 0 fully saturated rings. The predicted molar refractivity (Wildman–Crippen MR) is 173 cm³/mol. The van der Waals surface area contributed by atoms with Crippen LogP contribution in [0.25, 0.3) is 12.2 Å². The lowest BCUT2D eigenvalue weighted by Crippen LogP contribution is -2.17. The Labute approximate surface area is 253 Å². The zero-order valence-electron chi connectivity index (χ0n) is 26.9. The molecule has 2 rings (SSSR count). The summed E-state index contributed by atoms with van der Waals surface area (Å²) in [5.74, 6) is -0.789. The molecule has 0 radical (unpaired) electrons. The van der Waals surface area contributed by atoms with Crippen molar-refractivity contribution in [2.45, 2.75) is 112 Å². The molecule has 0 amide bonds. The van der Waals surface area contributed by atoms with E-state index >= 15 is 0 Å². The topological polar surface area (TPSA) is 93.1 Å². The van der Waals surface area contributed by atoms with Crippen molar-refractivity contribution in [1.29, 1.82) is 0 Å². The Bertz CT molecular complexity index is 1160. The lowest BCUT2D eigenvalue weighted by atomic mass is 9.78. The Morgan fingerprint density at radius 1 is 0.571 bits per heavy atom. The minimum absolute atomic E-state index is 0. The van der Waals surface area contributed by atoms with Crippen molar-refractivity contribution in [3.63, 3.8) is 0 Å². The van der Waals surface area contributed by atoms with Gasteiger partial charge in [0.2, 0.25) is 6.79 Å². The van der Waals surface area contributed by atoms with Gasteiger partial charge in [-0.15, -0.1) is 0 Å². The van der Waals surface area contributed by atoms with E-state index in [0.717, 1.165) is 33.4 Å². The third kappa shape index (κ3) is 9.78. The highest BCUT2D eigenvalue weighted by Crippen LogP contribution is 2.41. The monoisotopic (exact) mass is 580 g/mol. The number of hydrogen-bond donors (Lipinski definition) is 2. The molecule has 0 bridgehead atoms. The Kier molecular flexibility index (Phi) is 11.5. The number of esters is 2. The van der Waals surface area contributed by atoms with Crippen LogP contribution in [0.15, 0.2) is 36.4 Å². The summed E-state index contributed by atoms with van der Waals surface area (Å²) in [4.78, 5) is 24.6. The van der Waals surface area contributed by atoms with Crippen LogP contribution in [0.2, 0.25) is 0 Å². The third-order valence-corrected chi connectivity index (χ3v) is 6.72. The summed E-state index contributed by atoms with van der Waals surface area (Å²) < 4.78 is 10.1. The van der Waals surface area contributed by atoms with Crippen LogP contribution in [0.5, 0.6) is 11.5 Å². The zero-order valence-corrected chi connectivity index (χ0v) is 26.9. The van der Waals surface area contributed by atoms with Crippen molar-refractivity contribution in [3.05, 3.63) is 69.8 Å². The van der Waals surface area contributed by atoms with Crippen LogP contribution in [0.1, 0.15) is 124 Å². The summed E-state index contributed by atoms with van der Waals surface area (Å²) in [6.45, 7) is 23.7. The molecule has 0 aliphatic carbocycles. The van der Waals surface area contributed by atoms with Crippen molar-refractivity contribution < 1.29 is 29.3 Å². The van der Waals surface area contributed by atoms with Crippen LogP contribution >= 0.6 is 0 Å². The van der Waals surface area contributed by atoms with Crippen LogP contribution in [0, 0.1) is 0 Å². The molecule has 0 spiro atoms. The first-order chi connectivity index (χ1) is 18.5. The minimum atomic E-state index is -0.660. The van der Waals surface area contributed by atoms with Crippen LogP contribution in [-0.4, -0.2) is 28.9 Å². The van der Waals surface area contributed by atoms with E-state index < -0.39 is 18.7 Å². The van der Waals surface area contributed by atoms with Crippen molar-refractivity contribution in [1.82, 2.24) is 0 Å². The molecular weight excluding hydrogens is 528 g/mol. The number of hydrogen-bond acceptors (Lipinski definition) is 6. The van der Waals surface area contributed by atoms with Gasteiger partial charge < -0.3 is 19.7 Å². The zero-order chi connectivity index (χ0) is 31.6. The van der Waals surface area contributed by atoms with E-state index in [1.54, 1.807) is 12.2 Å². The number of phenolic OH excluding ortho intramolecular Hbond substituents is 2. The van der Waals surface area contributed by atoms with Crippen LogP contribution in [0.3, 0.4) is 0 Å². The van der Waals surface area contributed by atoms with Gasteiger partial charge in [0.15, 0.2) is 0 Å². The van der Waals surface area contributed by atoms with Gasteiger partial charge in [0.25, 0.3) is 0 Å². The van der Waals surface area contributed by atoms with Gasteiger partial charge in [-0.1, -0.05) is 90.5 Å². The lowest BCUT2D eigenvalue weighted by molar-refractivity contribution is -0.160. The Morgan fingerprint density at radius 2 is 0.810 bits per heavy atom. The molecule has 6 heteroatoms. The summed E-state index contributed by atoms with van der Waals surface area (Å²) in [6, 6.07) is 7.44. The van der Waals surface area contributed by atoms with Crippen molar-refractivity contribution in [2.75, 3.05) is 6.79 Å². The molecule has 0 atom stereocenters. The SMILES string of the molecule is C.CC(C)(C)c1cc(/C=C/C(=O)OCOC(=O)/C=C/c2cc(C(C)(C)C)c(O)c(C(C)(C)C)c2)cc(C(C)(C)C)c1O. The average Bonchev–Trinajstić information content (AvgIpc) is 2.79. The fourth-order valence-electron chi connectivity index (χ4n) is 4.36. The van der Waals surface area contributed by atoms with Gasteiger partial charge >= 0.3 is 11.9 Å². The molecule has 2 aromatic carbocycles. The smallest absolute Gasteiger partial charge is 0.333 e. The van der Waals surface area contributed by atoms with Crippen LogP contribution in [-0.2, 0) is 40.7 Å². The standard InChI is InChI=1S/C35H48O6.CH4/c1-32(2,3)24-17-22(18-25(30(24)38)33(4,5)6)13-15-28(36)40-21-41-29(37)16-14-23-19-26(34(7,8)9)31(39)27(20-23)35(10,11)12;/h13-20,38-39H,21H2,1-12H3;1H4/b15-13+,16-14+;. The average molecular weight is 581 g/mol. The first-order valence-electron chi connectivity index (χ1n) is 14.0. The van der Waals surface area contributed by atoms with E-state index in [0.29, 0.717) is 0 Å². The number of carbonyl (C=O) groups excluding carboxylic acids is 2. The van der Waals surface area contributed by atoms with Crippen molar-refractivity contribution in [3.8, 4) is 11.5 Å². The lowest BCUT2D eigenvalue weighted by Gasteiger charge is -2.27. The molecule has 0 saturated carbocycles. The molecule has 0 heterocycles. The third-order valence-electron chi connectivity index (χ3n) is 6.72. The molecule has 2 N–H and O–H groups in total. The summed E-state index contributed by atoms with van der Waals surface area (Å²) in [7, 11) is 0. The number of aromatic hydroxyl groups is 2. The number of ether oxygens (including phenoxy) is 2. The maximum absolute atomic E-state index is 12.3. The van der Waals surface area contributed by atoms with Gasteiger partial charge in [-0.05, 0) is 69.2 Å². The van der Waals surface area contributed by atoms with Gasteiger partial charge in [-0.2, -0.15) is 0 Å². The Morgan fingerprint density at radius 3 is 1.02 bits per heavy atom. The molecule has 0 aliphatic heterocycles. The summed E-state index contributed by atoms with van der Waals surface area (Å²) >= 11 is 0. The second-order valence-electron chi connectivity index (χ2n) is 14.6. The largest absolute Gasteiger partial charge is 0.507 e. The van der Waals surface area contributed by atoms with Gasteiger partial charge in [0, 0.05) is 34.4 Å². The molecule has 232 valence electrons. The summed E-state index contributed by atoms with van der Waals surface area (Å²) in [5.41, 5.74) is 3.50. The molecule has 0 saturated heterocycles. The van der Waals surface area contributed by atoms with E-state index in [9.17, 15) is 19.8 Å². The molecule has 0 aliphatic rings. The number of rotatable bonds is 6. The van der Waals surface area contributed by atoms with E-state index in [1.807, 2.05) is 107 Å². The quantitative estimate of drug-likeness (QED) is 0.202. The molecule has 6 nitrogen and oxygen atoms in total. The molecule has 42 heavy (non-hydrogen) atoms. The van der Waals surface area contributed by atoms with Gasteiger partial charge in [-0.25, -0.2) is 9.59 Å². The van der Waals surface area contributed by atoms with Gasteiger partial charge in [0.05, 0.1) is 0 Å². The fourth-order valence-corrected chi connectivity index (χ4v) is 4.36. The summed E-state index contributed by atoms with van der Waals surface area (Å²) in [6.07, 6.45) is 5.79. The number of carbonyl (C=O) groups is 2. The first kappa shape index (κ1) is 36.5. The number of benzene rings is 2. The second kappa shape index (κ2) is 13.2. The molecular formula is C36H52O6. The Balaban J connectivity index is 0.00000882. The molecule has 2 aromatic rings. The minimum Gasteiger partial charge on any atom is -0.507 e. The predicted octanol–water partition coefficient (Wildman–Crippen LogP) is 8.69. The first-order valence-corrected chi connectivity index (χ1v) is 14.0. The van der Waals surface area contributed by atoms with Gasteiger partial charge in [-0.3, -0.25) is 0 Å². The highest BCUT2D eigenvalue weighted by molar-refractivity contribution is 5.88. The fraction of sp³-hybridized carbons (Fsp3) is 0.500. The van der Waals surface area contributed by atoms with Crippen molar-refractivity contribution in [2.24, 2.45) is 0 Å². The Hall–Kier alpha value is -3.54. The molecule has 0 aromatic heterocycles. The van der Waals surface area contributed by atoms with Crippen molar-refractivity contribution >= 4 is 24.1 Å². The van der Waals surface area contributed by atoms with E-state index in [1.165, 1.54) is 12.2 Å². The highest BCUT2D eigenvalue weighted by atomic mass is 16.7. The second-order valence-corrected chi connectivity index (χ2v) is 14.6. The molecule has 0 unspecified atom stereocenters. The van der Waals surface area contributed by atoms with Gasteiger partial charge in [0.1, 0.15) is 11.5 Å². The van der Waals surface area contributed by atoms with E-state index in [4.69, 9.17) is 9.47 Å². The van der Waals surface area contributed by atoms with Crippen LogP contribution in [0.4, 0.5) is 0 Å². The normalized spacial score (nSPS) is 12.9. The summed E-state index contributed by atoms with van der Waals surface area (Å²) in [5, 5.41) is 21.8. The maximum Gasteiger partial charge on any atom is 0.333 e. The van der Waals surface area contributed by atoms with E-state index in [2.05, 4.69) is 0 Å². The van der Waals surface area contributed by atoms with E-state index in [-0.39, 0.29) is 40.6 Å². The van der Waals surface area contributed by atoms with Crippen LogP contribution < -0.4 is 0 Å². The number of phenols is 2. The maximum atomic E-state index is 12.3.